The van der Waals surface area contributed by atoms with E-state index in [1.165, 1.54) is 4.90 Å². The minimum absolute atomic E-state index is 0.102. The first-order chi connectivity index (χ1) is 13.7. The van der Waals surface area contributed by atoms with Crippen LogP contribution in [-0.4, -0.2) is 41.2 Å². The van der Waals surface area contributed by atoms with Crippen LogP contribution in [0.4, 0.5) is 4.79 Å². The van der Waals surface area contributed by atoms with Crippen LogP contribution in [0.25, 0.3) is 0 Å². The van der Waals surface area contributed by atoms with Gasteiger partial charge in [0, 0.05) is 19.6 Å². The van der Waals surface area contributed by atoms with Crippen LogP contribution in [-0.2, 0) is 29.1 Å². The van der Waals surface area contributed by atoms with E-state index in [0.717, 1.165) is 16.7 Å². The van der Waals surface area contributed by atoms with Gasteiger partial charge in [-0.3, -0.25) is 9.69 Å². The van der Waals surface area contributed by atoms with Gasteiger partial charge < -0.3 is 15.2 Å². The molecule has 0 fully saturated rings. The van der Waals surface area contributed by atoms with Crippen LogP contribution in [0.1, 0.15) is 29.5 Å². The summed E-state index contributed by atoms with van der Waals surface area (Å²) < 4.78 is 5.48. The maximum Gasteiger partial charge on any atom is 0.411 e. The van der Waals surface area contributed by atoms with Crippen LogP contribution in [0.15, 0.2) is 54.6 Å². The number of nitrogens with zero attached hydrogens (tertiary/aromatic N) is 1. The molecule has 1 heterocycles. The lowest BCUT2D eigenvalue weighted by Crippen LogP contribution is -2.52. The summed E-state index contributed by atoms with van der Waals surface area (Å²) in [5.41, 5.74) is 3.01. The van der Waals surface area contributed by atoms with Crippen LogP contribution >= 0.6 is 0 Å². The van der Waals surface area contributed by atoms with E-state index in [4.69, 9.17) is 9.84 Å². The van der Waals surface area contributed by atoms with Crippen molar-refractivity contribution in [3.05, 3.63) is 71.3 Å². The molecular formula is C22H26N2O4. The Kier molecular flexibility index (Phi) is 7.03. The van der Waals surface area contributed by atoms with Crippen molar-refractivity contribution in [1.82, 2.24) is 10.2 Å². The summed E-state index contributed by atoms with van der Waals surface area (Å²) in [6.07, 6.45) is 1.30. The zero-order valence-electron chi connectivity index (χ0n) is 15.8. The van der Waals surface area contributed by atoms with Crippen LogP contribution in [0.5, 0.6) is 0 Å². The Balaban J connectivity index is 1.69. The zero-order valence-corrected chi connectivity index (χ0v) is 15.8. The molecule has 0 saturated heterocycles. The molecule has 2 aromatic carbocycles. The van der Waals surface area contributed by atoms with Gasteiger partial charge in [-0.05, 0) is 29.5 Å². The molecule has 0 radical (unpaired) electrons. The highest BCUT2D eigenvalue weighted by Crippen LogP contribution is 2.24. The number of fused-ring (bicyclic) bond motifs is 1. The molecule has 3 rings (SSSR count). The molecule has 0 unspecified atom stereocenters. The first-order valence-electron chi connectivity index (χ1n) is 9.61. The molecule has 0 saturated carbocycles. The van der Waals surface area contributed by atoms with Crippen molar-refractivity contribution in [2.75, 3.05) is 13.2 Å². The Bertz CT molecular complexity index is 794. The second-order valence-corrected chi connectivity index (χ2v) is 6.88. The number of carbonyl (C=O) groups excluding carboxylic acids is 2. The summed E-state index contributed by atoms with van der Waals surface area (Å²) >= 11 is 0. The van der Waals surface area contributed by atoms with Crippen LogP contribution < -0.4 is 5.32 Å². The predicted molar refractivity (Wildman–Crippen MR) is 105 cm³/mol. The molecule has 28 heavy (non-hydrogen) atoms. The number of carbonyl (C=O) groups is 2. The van der Waals surface area contributed by atoms with E-state index < -0.39 is 12.1 Å². The second kappa shape index (κ2) is 9.90. The quantitative estimate of drug-likeness (QED) is 0.722. The number of aliphatic hydroxyl groups excluding tert-OH is 1. The molecule has 148 valence electrons. The van der Waals surface area contributed by atoms with E-state index in [1.807, 2.05) is 54.6 Å². The van der Waals surface area contributed by atoms with Crippen LogP contribution in [0.2, 0.25) is 0 Å². The highest BCUT2D eigenvalue weighted by atomic mass is 16.6. The van der Waals surface area contributed by atoms with E-state index >= 15 is 0 Å². The van der Waals surface area contributed by atoms with Crippen molar-refractivity contribution in [3.63, 3.8) is 0 Å². The number of benzene rings is 2. The highest BCUT2D eigenvalue weighted by molar-refractivity contribution is 5.86. The van der Waals surface area contributed by atoms with Gasteiger partial charge in [0.1, 0.15) is 12.6 Å². The molecule has 1 atom stereocenters. The lowest BCUT2D eigenvalue weighted by atomic mass is 9.94. The number of rotatable bonds is 7. The molecule has 6 nitrogen and oxygen atoms in total. The number of hydrogen-bond donors (Lipinski definition) is 2. The third kappa shape index (κ3) is 5.10. The van der Waals surface area contributed by atoms with E-state index in [9.17, 15) is 9.59 Å². The second-order valence-electron chi connectivity index (χ2n) is 6.88. The summed E-state index contributed by atoms with van der Waals surface area (Å²) in [4.78, 5) is 27.0. The molecule has 2 amide bonds. The topological polar surface area (TPSA) is 78.9 Å². The molecule has 0 aromatic heterocycles. The first kappa shape index (κ1) is 19.9. The lowest BCUT2D eigenvalue weighted by Gasteiger charge is -2.35. The van der Waals surface area contributed by atoms with Crippen molar-refractivity contribution in [3.8, 4) is 0 Å². The summed E-state index contributed by atoms with van der Waals surface area (Å²) in [5, 5.41) is 11.8. The summed E-state index contributed by atoms with van der Waals surface area (Å²) in [5.74, 6) is -0.191. The Morgan fingerprint density at radius 2 is 1.75 bits per heavy atom. The normalized spacial score (nSPS) is 15.6. The monoisotopic (exact) mass is 382 g/mol. The Hall–Kier alpha value is -2.86. The Labute approximate surface area is 165 Å². The molecule has 2 aromatic rings. The van der Waals surface area contributed by atoms with Gasteiger partial charge in [0.2, 0.25) is 5.91 Å². The molecule has 0 aliphatic carbocycles. The lowest BCUT2D eigenvalue weighted by molar-refractivity contribution is -0.126. The minimum Gasteiger partial charge on any atom is -0.445 e. The van der Waals surface area contributed by atoms with Gasteiger partial charge in [-0.2, -0.15) is 0 Å². The Morgan fingerprint density at radius 1 is 1.04 bits per heavy atom. The highest BCUT2D eigenvalue weighted by Gasteiger charge is 2.35. The fraction of sp³-hybridized carbons (Fsp3) is 0.364. The molecule has 0 bridgehead atoms. The number of aliphatic hydroxyl groups is 1. The summed E-state index contributed by atoms with van der Waals surface area (Å²) in [6, 6.07) is 16.7. The molecule has 6 heteroatoms. The standard InChI is InChI=1S/C22H26N2O4/c25-13-7-6-12-23-21(26)20-14-18-10-4-5-11-19(18)15-24(20)22(27)28-16-17-8-2-1-3-9-17/h1-5,8-11,20,25H,6-7,12-16H2,(H,23,26)/t20-/m0/s1. The number of unbranched alkanes of at least 4 members (excludes halogenated alkanes) is 1. The van der Waals surface area contributed by atoms with E-state index in [2.05, 4.69) is 5.32 Å². The molecule has 2 N–H and O–H groups in total. The van der Waals surface area contributed by atoms with Crippen LogP contribution in [0, 0.1) is 0 Å². The van der Waals surface area contributed by atoms with Gasteiger partial charge in [0.05, 0.1) is 6.54 Å². The van der Waals surface area contributed by atoms with Crippen molar-refractivity contribution in [2.45, 2.75) is 38.5 Å². The summed E-state index contributed by atoms with van der Waals surface area (Å²) in [7, 11) is 0. The average molecular weight is 382 g/mol. The maximum atomic E-state index is 12.8. The molecular weight excluding hydrogens is 356 g/mol. The molecule has 0 spiro atoms. The fourth-order valence-electron chi connectivity index (χ4n) is 3.32. The van der Waals surface area contributed by atoms with Crippen molar-refractivity contribution >= 4 is 12.0 Å². The molecule has 1 aliphatic heterocycles. The third-order valence-corrected chi connectivity index (χ3v) is 4.87. The summed E-state index contributed by atoms with van der Waals surface area (Å²) in [6.45, 7) is 1.09. The Morgan fingerprint density at radius 3 is 2.50 bits per heavy atom. The van der Waals surface area contributed by atoms with Gasteiger partial charge >= 0.3 is 6.09 Å². The van der Waals surface area contributed by atoms with E-state index in [0.29, 0.717) is 32.4 Å². The first-order valence-corrected chi connectivity index (χ1v) is 9.61. The zero-order chi connectivity index (χ0) is 19.8. The van der Waals surface area contributed by atoms with Crippen LogP contribution in [0.3, 0.4) is 0 Å². The largest absolute Gasteiger partial charge is 0.445 e. The van der Waals surface area contributed by atoms with E-state index in [1.54, 1.807) is 0 Å². The van der Waals surface area contributed by atoms with Crippen molar-refractivity contribution in [1.29, 1.82) is 0 Å². The van der Waals surface area contributed by atoms with Gasteiger partial charge in [-0.25, -0.2) is 4.79 Å². The number of ether oxygens (including phenoxy) is 1. The smallest absolute Gasteiger partial charge is 0.411 e. The van der Waals surface area contributed by atoms with Crippen molar-refractivity contribution < 1.29 is 19.4 Å². The number of amides is 2. The average Bonchev–Trinajstić information content (AvgIpc) is 2.74. The van der Waals surface area contributed by atoms with Gasteiger partial charge in [-0.15, -0.1) is 0 Å². The van der Waals surface area contributed by atoms with E-state index in [-0.39, 0.29) is 19.1 Å². The fourth-order valence-corrected chi connectivity index (χ4v) is 3.32. The van der Waals surface area contributed by atoms with Crippen molar-refractivity contribution in [2.24, 2.45) is 0 Å². The van der Waals surface area contributed by atoms with Gasteiger partial charge in [0.15, 0.2) is 0 Å². The third-order valence-electron chi connectivity index (χ3n) is 4.87. The van der Waals surface area contributed by atoms with Gasteiger partial charge in [0.25, 0.3) is 0 Å². The number of hydrogen-bond acceptors (Lipinski definition) is 4. The molecule has 1 aliphatic rings. The number of nitrogens with one attached hydrogen (secondary N) is 1. The predicted octanol–water partition coefficient (Wildman–Crippen LogP) is 2.64. The SMILES string of the molecule is O=C(NCCCCO)[C@@H]1Cc2ccccc2CN1C(=O)OCc1ccccc1. The minimum atomic E-state index is -0.604. The maximum absolute atomic E-state index is 12.8. The van der Waals surface area contributed by atoms with Gasteiger partial charge in [-0.1, -0.05) is 54.6 Å².